The van der Waals surface area contributed by atoms with E-state index in [0.29, 0.717) is 6.54 Å². The third kappa shape index (κ3) is 4.19. The zero-order valence-corrected chi connectivity index (χ0v) is 11.7. The Morgan fingerprint density at radius 3 is 2.26 bits per heavy atom. The largest absolute Gasteiger partial charge is 0.216 e. The molecule has 0 radical (unpaired) electrons. The highest BCUT2D eigenvalue weighted by molar-refractivity contribution is 7.88. The van der Waals surface area contributed by atoms with E-state index in [4.69, 9.17) is 0 Å². The summed E-state index contributed by atoms with van der Waals surface area (Å²) >= 11 is 0. The lowest BCUT2D eigenvalue weighted by Crippen LogP contribution is -2.24. The first kappa shape index (κ1) is 13.8. The molecule has 0 spiro atoms. The summed E-state index contributed by atoms with van der Waals surface area (Å²) in [5, 5.41) is 0. The highest BCUT2D eigenvalue weighted by atomic mass is 32.2. The van der Waals surface area contributed by atoms with Crippen molar-refractivity contribution in [3.63, 3.8) is 0 Å². The van der Waals surface area contributed by atoms with E-state index < -0.39 is 10.0 Å². The van der Waals surface area contributed by atoms with Crippen molar-refractivity contribution in [1.82, 2.24) is 4.72 Å². The summed E-state index contributed by atoms with van der Waals surface area (Å²) in [6.07, 6.45) is 0. The van der Waals surface area contributed by atoms with E-state index in [9.17, 15) is 8.42 Å². The molecule has 0 fully saturated rings. The van der Waals surface area contributed by atoms with Crippen LogP contribution in [0.5, 0.6) is 0 Å². The fraction of sp³-hybridized carbons (Fsp3) is 0.200. The minimum Gasteiger partial charge on any atom is -0.212 e. The molecule has 0 aliphatic heterocycles. The molecule has 19 heavy (non-hydrogen) atoms. The first-order valence-electron chi connectivity index (χ1n) is 6.12. The molecule has 0 unspecified atom stereocenters. The van der Waals surface area contributed by atoms with Gasteiger partial charge in [0.25, 0.3) is 0 Å². The second-order valence-corrected chi connectivity index (χ2v) is 6.30. The van der Waals surface area contributed by atoms with Crippen molar-refractivity contribution in [1.29, 1.82) is 0 Å². The van der Waals surface area contributed by atoms with Crippen LogP contribution in [0.2, 0.25) is 0 Å². The Morgan fingerprint density at radius 1 is 0.947 bits per heavy atom. The zero-order valence-electron chi connectivity index (χ0n) is 10.8. The standard InChI is InChI=1S/C15H17NO2S/c1-13-7-5-6-10-15(13)12-19(17,18)16-11-14-8-3-2-4-9-14/h2-10,16H,11-12H2,1H3. The van der Waals surface area contributed by atoms with Crippen LogP contribution >= 0.6 is 0 Å². The van der Waals surface area contributed by atoms with Crippen LogP contribution in [-0.2, 0) is 22.3 Å². The highest BCUT2D eigenvalue weighted by Gasteiger charge is 2.12. The second-order valence-electron chi connectivity index (χ2n) is 4.49. The van der Waals surface area contributed by atoms with Crippen molar-refractivity contribution in [3.8, 4) is 0 Å². The molecule has 1 N–H and O–H groups in total. The topological polar surface area (TPSA) is 46.2 Å². The van der Waals surface area contributed by atoms with E-state index >= 15 is 0 Å². The number of nitrogens with one attached hydrogen (secondary N) is 1. The van der Waals surface area contributed by atoms with E-state index in [2.05, 4.69) is 4.72 Å². The maximum absolute atomic E-state index is 12.0. The van der Waals surface area contributed by atoms with Gasteiger partial charge >= 0.3 is 0 Å². The number of rotatable bonds is 5. The minimum absolute atomic E-state index is 0.0203. The first-order chi connectivity index (χ1) is 9.07. The lowest BCUT2D eigenvalue weighted by atomic mass is 10.1. The van der Waals surface area contributed by atoms with Gasteiger partial charge < -0.3 is 0 Å². The van der Waals surface area contributed by atoms with E-state index in [1.165, 1.54) is 0 Å². The Labute approximate surface area is 114 Å². The number of hydrogen-bond donors (Lipinski definition) is 1. The van der Waals surface area contributed by atoms with Gasteiger partial charge in [-0.1, -0.05) is 54.6 Å². The van der Waals surface area contributed by atoms with Gasteiger partial charge in [0.05, 0.1) is 5.75 Å². The molecule has 0 aliphatic carbocycles. The first-order valence-corrected chi connectivity index (χ1v) is 7.78. The van der Waals surface area contributed by atoms with Crippen molar-refractivity contribution < 1.29 is 8.42 Å². The number of aryl methyl sites for hydroxylation is 1. The molecule has 4 heteroatoms. The molecular weight excluding hydrogens is 258 g/mol. The van der Waals surface area contributed by atoms with Crippen molar-refractivity contribution in [2.45, 2.75) is 19.2 Å². The molecule has 0 saturated carbocycles. The van der Waals surface area contributed by atoms with Gasteiger partial charge in [0, 0.05) is 6.54 Å². The molecule has 0 heterocycles. The van der Waals surface area contributed by atoms with E-state index in [0.717, 1.165) is 16.7 Å². The predicted octanol–water partition coefficient (Wildman–Crippen LogP) is 2.61. The van der Waals surface area contributed by atoms with E-state index in [-0.39, 0.29) is 5.75 Å². The van der Waals surface area contributed by atoms with Crippen molar-refractivity contribution in [3.05, 3.63) is 71.3 Å². The van der Waals surface area contributed by atoms with Crippen molar-refractivity contribution >= 4 is 10.0 Å². The average molecular weight is 275 g/mol. The summed E-state index contributed by atoms with van der Waals surface area (Å²) < 4.78 is 26.7. The van der Waals surface area contributed by atoms with Gasteiger partial charge in [-0.2, -0.15) is 0 Å². The maximum Gasteiger partial charge on any atom is 0.216 e. The molecular formula is C15H17NO2S. The molecule has 3 nitrogen and oxygen atoms in total. The third-order valence-corrected chi connectivity index (χ3v) is 4.22. The lowest BCUT2D eigenvalue weighted by Gasteiger charge is -2.08. The number of benzene rings is 2. The van der Waals surface area contributed by atoms with Gasteiger partial charge in [0.15, 0.2) is 0 Å². The smallest absolute Gasteiger partial charge is 0.212 e. The zero-order chi connectivity index (χ0) is 13.7. The summed E-state index contributed by atoms with van der Waals surface area (Å²) in [7, 11) is -3.31. The summed E-state index contributed by atoms with van der Waals surface area (Å²) in [5.41, 5.74) is 2.78. The van der Waals surface area contributed by atoms with Crippen LogP contribution in [0.1, 0.15) is 16.7 Å². The van der Waals surface area contributed by atoms with Gasteiger partial charge in [-0.05, 0) is 23.6 Å². The van der Waals surface area contributed by atoms with Crippen LogP contribution in [0.15, 0.2) is 54.6 Å². The molecule has 2 aromatic rings. The van der Waals surface area contributed by atoms with Crippen LogP contribution in [0.3, 0.4) is 0 Å². The Hall–Kier alpha value is -1.65. The maximum atomic E-state index is 12.0. The molecule has 0 saturated heterocycles. The normalized spacial score (nSPS) is 11.4. The Morgan fingerprint density at radius 2 is 1.58 bits per heavy atom. The summed E-state index contributed by atoms with van der Waals surface area (Å²) in [5.74, 6) is 0.0203. The van der Waals surface area contributed by atoms with Gasteiger partial charge in [-0.3, -0.25) is 0 Å². The van der Waals surface area contributed by atoms with E-state index in [1.54, 1.807) is 0 Å². The van der Waals surface area contributed by atoms with Crippen molar-refractivity contribution in [2.75, 3.05) is 0 Å². The van der Waals surface area contributed by atoms with Gasteiger partial charge in [0.1, 0.15) is 0 Å². The number of sulfonamides is 1. The van der Waals surface area contributed by atoms with Crippen LogP contribution in [0.4, 0.5) is 0 Å². The Balaban J connectivity index is 2.02. The molecule has 0 aliphatic rings. The molecule has 2 aromatic carbocycles. The van der Waals surface area contributed by atoms with Crippen LogP contribution in [-0.4, -0.2) is 8.42 Å². The van der Waals surface area contributed by atoms with Gasteiger partial charge in [-0.25, -0.2) is 13.1 Å². The fourth-order valence-electron chi connectivity index (χ4n) is 1.82. The molecule has 0 atom stereocenters. The number of hydrogen-bond acceptors (Lipinski definition) is 2. The highest BCUT2D eigenvalue weighted by Crippen LogP contribution is 2.11. The predicted molar refractivity (Wildman–Crippen MR) is 77.1 cm³/mol. The van der Waals surface area contributed by atoms with Gasteiger partial charge in [0.2, 0.25) is 10.0 Å². The van der Waals surface area contributed by atoms with Crippen molar-refractivity contribution in [2.24, 2.45) is 0 Å². The summed E-state index contributed by atoms with van der Waals surface area (Å²) in [6, 6.07) is 17.0. The fourth-order valence-corrected chi connectivity index (χ4v) is 3.04. The summed E-state index contributed by atoms with van der Waals surface area (Å²) in [4.78, 5) is 0. The van der Waals surface area contributed by atoms with Crippen LogP contribution in [0, 0.1) is 6.92 Å². The molecule has 0 aromatic heterocycles. The molecule has 2 rings (SSSR count). The Kier molecular flexibility index (Phi) is 4.35. The summed E-state index contributed by atoms with van der Waals surface area (Å²) in [6.45, 7) is 2.25. The quantitative estimate of drug-likeness (QED) is 0.911. The van der Waals surface area contributed by atoms with E-state index in [1.807, 2.05) is 61.5 Å². The average Bonchev–Trinajstić information content (AvgIpc) is 2.40. The van der Waals surface area contributed by atoms with Crippen LogP contribution < -0.4 is 4.72 Å². The molecule has 100 valence electrons. The minimum atomic E-state index is -3.31. The Bertz CT molecular complexity index is 636. The SMILES string of the molecule is Cc1ccccc1CS(=O)(=O)NCc1ccccc1. The molecule has 0 bridgehead atoms. The lowest BCUT2D eigenvalue weighted by molar-refractivity contribution is 0.580. The molecule has 0 amide bonds. The van der Waals surface area contributed by atoms with Gasteiger partial charge in [-0.15, -0.1) is 0 Å². The van der Waals surface area contributed by atoms with Crippen LogP contribution in [0.25, 0.3) is 0 Å². The second kappa shape index (κ2) is 5.99. The monoisotopic (exact) mass is 275 g/mol. The third-order valence-electron chi connectivity index (χ3n) is 2.95.